The predicted molar refractivity (Wildman–Crippen MR) is 99.6 cm³/mol. The lowest BCUT2D eigenvalue weighted by molar-refractivity contribution is -0.0442. The molecule has 142 valence electrons. The van der Waals surface area contributed by atoms with Crippen LogP contribution >= 0.6 is 0 Å². The van der Waals surface area contributed by atoms with E-state index in [1.54, 1.807) is 49.4 Å². The van der Waals surface area contributed by atoms with Crippen LogP contribution < -0.4 is 5.32 Å². The third kappa shape index (κ3) is 5.26. The summed E-state index contributed by atoms with van der Waals surface area (Å²) in [6.07, 6.45) is -1.68. The van der Waals surface area contributed by atoms with Crippen LogP contribution in [0.15, 0.2) is 48.5 Å². The van der Waals surface area contributed by atoms with Gasteiger partial charge in [-0.05, 0) is 17.7 Å². The number of rotatable bonds is 8. The maximum absolute atomic E-state index is 11.7. The summed E-state index contributed by atoms with van der Waals surface area (Å²) in [7, 11) is -3.30. The first-order valence-corrected chi connectivity index (χ1v) is 10.0. The van der Waals surface area contributed by atoms with Crippen molar-refractivity contribution in [3.8, 4) is 0 Å². The lowest BCUT2D eigenvalue weighted by Crippen LogP contribution is -2.29. The fourth-order valence-electron chi connectivity index (χ4n) is 2.66. The fourth-order valence-corrected chi connectivity index (χ4v) is 3.51. The predicted octanol–water partition coefficient (Wildman–Crippen LogP) is 1.55. The van der Waals surface area contributed by atoms with Gasteiger partial charge >= 0.3 is 0 Å². The van der Waals surface area contributed by atoms with E-state index in [0.717, 1.165) is 5.56 Å². The van der Waals surface area contributed by atoms with Crippen LogP contribution in [0.4, 0.5) is 5.69 Å². The number of sulfonamides is 1. The van der Waals surface area contributed by atoms with Crippen LogP contribution in [-0.2, 0) is 16.6 Å². The van der Waals surface area contributed by atoms with Crippen molar-refractivity contribution in [2.75, 3.05) is 18.1 Å². The van der Waals surface area contributed by atoms with Gasteiger partial charge in [0.25, 0.3) is 0 Å². The number of aliphatic hydroxyl groups excluding tert-OH is 2. The lowest BCUT2D eigenvalue weighted by atomic mass is 10.1. The molecule has 2 aromatic rings. The Morgan fingerprint density at radius 2 is 1.69 bits per heavy atom. The number of benzene rings is 2. The van der Waals surface area contributed by atoms with Crippen LogP contribution in [0.2, 0.25) is 0 Å². The fraction of sp³-hybridized carbons (Fsp3) is 0.333. The Kier molecular flexibility index (Phi) is 6.74. The van der Waals surface area contributed by atoms with Crippen LogP contribution in [-0.4, -0.2) is 40.8 Å². The molecule has 8 heteroatoms. The van der Waals surface area contributed by atoms with Crippen molar-refractivity contribution in [3.63, 3.8) is 0 Å². The molecule has 0 bridgehead atoms. The highest BCUT2D eigenvalue weighted by atomic mass is 32.2. The van der Waals surface area contributed by atoms with Gasteiger partial charge in [-0.25, -0.2) is 8.42 Å². The first-order valence-electron chi connectivity index (χ1n) is 8.16. The van der Waals surface area contributed by atoms with Gasteiger partial charge in [-0.1, -0.05) is 43.3 Å². The zero-order valence-electron chi connectivity index (χ0n) is 14.7. The van der Waals surface area contributed by atoms with Crippen molar-refractivity contribution >= 4 is 15.7 Å². The van der Waals surface area contributed by atoms with Crippen molar-refractivity contribution in [1.29, 1.82) is 0 Å². The Morgan fingerprint density at radius 1 is 1.04 bits per heavy atom. The molecule has 4 N–H and O–H groups in total. The number of nitrogens with one attached hydrogen (secondary N) is 1. The largest absolute Gasteiger partial charge is 0.369 e. The van der Waals surface area contributed by atoms with Gasteiger partial charge < -0.3 is 20.6 Å². The van der Waals surface area contributed by atoms with E-state index in [0.29, 0.717) is 17.8 Å². The summed E-state index contributed by atoms with van der Waals surface area (Å²) in [5.74, 6) is 0. The number of anilines is 1. The second kappa shape index (κ2) is 8.61. The highest BCUT2D eigenvalue weighted by molar-refractivity contribution is 7.88. The molecule has 7 nitrogen and oxygen atoms in total. The molecule has 0 amide bonds. The zero-order chi connectivity index (χ0) is 19.3. The molecule has 0 aliphatic heterocycles. The minimum Gasteiger partial charge on any atom is -0.369 e. The van der Waals surface area contributed by atoms with E-state index >= 15 is 0 Å². The minimum atomic E-state index is -3.30. The van der Waals surface area contributed by atoms with E-state index in [9.17, 15) is 23.7 Å². The van der Waals surface area contributed by atoms with E-state index in [1.165, 1.54) is 16.6 Å². The molecule has 0 radical (unpaired) electrons. The topological polar surface area (TPSA) is 110 Å². The number of aliphatic hydroxyl groups is 3. The smallest absolute Gasteiger partial charge is 0.211 e. The van der Waals surface area contributed by atoms with E-state index in [2.05, 4.69) is 5.32 Å². The molecule has 0 aromatic heterocycles. The molecule has 0 fully saturated rings. The van der Waals surface area contributed by atoms with Gasteiger partial charge in [-0.2, -0.15) is 4.31 Å². The molecule has 2 rings (SSSR count). The van der Waals surface area contributed by atoms with E-state index in [-0.39, 0.29) is 12.1 Å². The van der Waals surface area contributed by atoms with E-state index < -0.39 is 22.5 Å². The summed E-state index contributed by atoms with van der Waals surface area (Å²) in [5, 5.41) is 32.1. The Labute approximate surface area is 153 Å². The summed E-state index contributed by atoms with van der Waals surface area (Å²) in [4.78, 5) is 0. The van der Waals surface area contributed by atoms with Crippen LogP contribution in [0.5, 0.6) is 0 Å². The molecule has 1 unspecified atom stereocenters. The van der Waals surface area contributed by atoms with Crippen molar-refractivity contribution in [2.24, 2.45) is 0 Å². The average Bonchev–Trinajstić information content (AvgIpc) is 2.59. The molecule has 2 aromatic carbocycles. The number of nitrogens with zero attached hydrogens (tertiary/aromatic N) is 1. The zero-order valence-corrected chi connectivity index (χ0v) is 15.5. The second-order valence-corrected chi connectivity index (χ2v) is 7.92. The Morgan fingerprint density at radius 3 is 2.27 bits per heavy atom. The molecule has 26 heavy (non-hydrogen) atoms. The number of hydrogen-bond donors (Lipinski definition) is 4. The molecule has 0 aliphatic rings. The summed E-state index contributed by atoms with van der Waals surface area (Å²) < 4.78 is 24.8. The first-order chi connectivity index (χ1) is 12.2. The summed E-state index contributed by atoms with van der Waals surface area (Å²) in [5.41, 5.74) is 1.91. The van der Waals surface area contributed by atoms with E-state index in [1.807, 2.05) is 0 Å². The third-order valence-corrected chi connectivity index (χ3v) is 5.31. The molecule has 0 saturated carbocycles. The summed E-state index contributed by atoms with van der Waals surface area (Å²) >= 11 is 0. The summed E-state index contributed by atoms with van der Waals surface area (Å²) in [6, 6.07) is 13.5. The average molecular weight is 380 g/mol. The van der Waals surface area contributed by atoms with Gasteiger partial charge in [0.2, 0.25) is 10.0 Å². The normalized spacial score (nSPS) is 13.2. The van der Waals surface area contributed by atoms with E-state index in [4.69, 9.17) is 0 Å². The Hall–Kier alpha value is -1.97. The van der Waals surface area contributed by atoms with Gasteiger partial charge in [0.05, 0.1) is 6.26 Å². The van der Waals surface area contributed by atoms with Crippen molar-refractivity contribution < 1.29 is 23.7 Å². The maximum atomic E-state index is 11.7. The van der Waals surface area contributed by atoms with Crippen LogP contribution in [0.1, 0.15) is 36.1 Å². The Bertz CT molecular complexity index is 839. The SMILES string of the molecule is CCN(Cc1cccc(NC(O)c2ccccc2C(O)O)c1)S(C)(=O)=O. The van der Waals surface area contributed by atoms with Crippen molar-refractivity contribution in [1.82, 2.24) is 4.31 Å². The van der Waals surface area contributed by atoms with Crippen LogP contribution in [0, 0.1) is 0 Å². The van der Waals surface area contributed by atoms with Gasteiger partial charge in [-0.3, -0.25) is 0 Å². The molecule has 0 aliphatic carbocycles. The molecule has 0 heterocycles. The van der Waals surface area contributed by atoms with Crippen LogP contribution in [0.25, 0.3) is 0 Å². The molecule has 0 saturated heterocycles. The van der Waals surface area contributed by atoms with Gasteiger partial charge in [0.15, 0.2) is 12.5 Å². The molecule has 0 spiro atoms. The van der Waals surface area contributed by atoms with Gasteiger partial charge in [0, 0.05) is 29.9 Å². The second-order valence-electron chi connectivity index (χ2n) is 5.94. The quantitative estimate of drug-likeness (QED) is 0.517. The minimum absolute atomic E-state index is 0.206. The van der Waals surface area contributed by atoms with Gasteiger partial charge in [-0.15, -0.1) is 0 Å². The maximum Gasteiger partial charge on any atom is 0.211 e. The van der Waals surface area contributed by atoms with Crippen LogP contribution in [0.3, 0.4) is 0 Å². The van der Waals surface area contributed by atoms with Crippen molar-refractivity contribution in [3.05, 3.63) is 65.2 Å². The standard InChI is InChI=1S/C18H24N2O5S/c1-3-20(26(2,24)25)12-13-7-6-8-14(11-13)19-17(21)15-9-4-5-10-16(15)18(22)23/h4-11,17-19,21-23H,3,12H2,1-2H3. The molecular weight excluding hydrogens is 356 g/mol. The lowest BCUT2D eigenvalue weighted by Gasteiger charge is -2.20. The van der Waals surface area contributed by atoms with Gasteiger partial charge in [0.1, 0.15) is 0 Å². The summed E-state index contributed by atoms with van der Waals surface area (Å²) in [6.45, 7) is 2.36. The first kappa shape index (κ1) is 20.3. The molecular formula is C18H24N2O5S. The molecule has 1 atom stereocenters. The highest BCUT2D eigenvalue weighted by Crippen LogP contribution is 2.25. The van der Waals surface area contributed by atoms with Crippen molar-refractivity contribution in [2.45, 2.75) is 26.0 Å². The third-order valence-electron chi connectivity index (χ3n) is 3.98. The Balaban J connectivity index is 2.18. The monoisotopic (exact) mass is 380 g/mol. The highest BCUT2D eigenvalue weighted by Gasteiger charge is 2.17. The number of hydrogen-bond acceptors (Lipinski definition) is 6.